The van der Waals surface area contributed by atoms with Gasteiger partial charge in [0.05, 0.1) is 23.3 Å². The van der Waals surface area contributed by atoms with Gasteiger partial charge < -0.3 is 24.5 Å². The zero-order chi connectivity index (χ0) is 29.6. The quantitative estimate of drug-likeness (QED) is 0.238. The van der Waals surface area contributed by atoms with E-state index in [1.165, 1.54) is 18.9 Å². The largest absolute Gasteiger partial charge is 0.494 e. The Hall–Kier alpha value is -3.88. The maximum atomic E-state index is 13.9. The van der Waals surface area contributed by atoms with Crippen molar-refractivity contribution in [3.63, 3.8) is 0 Å². The summed E-state index contributed by atoms with van der Waals surface area (Å²) in [5.74, 6) is 2.00. The van der Waals surface area contributed by atoms with Crippen LogP contribution in [0, 0.1) is 17.7 Å². The monoisotopic (exact) mass is 597 g/mol. The predicted octanol–water partition coefficient (Wildman–Crippen LogP) is 6.63. The van der Waals surface area contributed by atoms with Gasteiger partial charge in [-0.15, -0.1) is 0 Å². The van der Waals surface area contributed by atoms with Crippen molar-refractivity contribution in [2.45, 2.75) is 44.3 Å². The molecule has 2 bridgehead atoms. The van der Waals surface area contributed by atoms with Gasteiger partial charge in [-0.2, -0.15) is 0 Å². The van der Waals surface area contributed by atoms with E-state index < -0.39 is 5.82 Å². The Labute approximate surface area is 254 Å². The fourth-order valence-electron chi connectivity index (χ4n) is 7.32. The highest BCUT2D eigenvalue weighted by molar-refractivity contribution is 6.31. The molecule has 220 valence electrons. The fraction of sp³-hybridized carbons (Fsp3) is 0.353. The molecule has 5 aromatic rings. The standard InChI is InChI=1S/C34H33ClFN5O2/c1-39-32-26(12-23(15-30(32)43-2)34(42)41-17-22-8-10-27(41)31(22)37)38-33(39)29-14-21-6-5-20(19-7-9-25(36)24(35)11-19)13-28(21)40(29)16-18-3-4-18/h5-7,9,11-15,18,22,27,31H,3-4,8,10,16-17,37H2,1-2H3/t22-,27-,31-/m1/s1. The van der Waals surface area contributed by atoms with Crippen molar-refractivity contribution in [1.29, 1.82) is 0 Å². The highest BCUT2D eigenvalue weighted by Gasteiger charge is 2.47. The van der Waals surface area contributed by atoms with E-state index in [0.29, 0.717) is 29.7 Å². The number of imidazole rings is 1. The zero-order valence-corrected chi connectivity index (χ0v) is 24.9. The molecule has 0 radical (unpaired) electrons. The lowest BCUT2D eigenvalue weighted by Crippen LogP contribution is -2.41. The van der Waals surface area contributed by atoms with Crippen molar-refractivity contribution in [2.24, 2.45) is 24.6 Å². The van der Waals surface area contributed by atoms with Gasteiger partial charge in [-0.1, -0.05) is 29.8 Å². The second-order valence-electron chi connectivity index (χ2n) is 12.5. The number of amides is 1. The van der Waals surface area contributed by atoms with Crippen molar-refractivity contribution >= 4 is 39.4 Å². The highest BCUT2D eigenvalue weighted by Crippen LogP contribution is 2.41. The fourth-order valence-corrected chi connectivity index (χ4v) is 7.50. The number of carbonyl (C=O) groups excluding carboxylic acids is 1. The SMILES string of the molecule is COc1cc(C(=O)N2C[C@H]3CC[C@@H]2[C@@H]3N)cc2nc(-c3cc4ccc(-c5ccc(F)c(Cl)c5)cc4n3CC3CC3)n(C)c12. The molecule has 1 aliphatic heterocycles. The first kappa shape index (κ1) is 26.7. The molecular formula is C34H33ClFN5O2. The van der Waals surface area contributed by atoms with Crippen LogP contribution in [0.15, 0.2) is 54.6 Å². The maximum Gasteiger partial charge on any atom is 0.254 e. The molecule has 9 heteroatoms. The van der Waals surface area contributed by atoms with E-state index in [1.807, 2.05) is 30.1 Å². The summed E-state index contributed by atoms with van der Waals surface area (Å²) in [4.78, 5) is 20.8. The van der Waals surface area contributed by atoms with Gasteiger partial charge in [0.2, 0.25) is 0 Å². The van der Waals surface area contributed by atoms with E-state index in [2.05, 4.69) is 27.3 Å². The molecule has 8 rings (SSSR count). The van der Waals surface area contributed by atoms with Gasteiger partial charge in [0, 0.05) is 48.7 Å². The number of methoxy groups -OCH3 is 1. The van der Waals surface area contributed by atoms with E-state index in [-0.39, 0.29) is 23.0 Å². The minimum atomic E-state index is -0.427. The summed E-state index contributed by atoms with van der Waals surface area (Å²) in [6, 6.07) is 17.2. The molecule has 43 heavy (non-hydrogen) atoms. The third-order valence-electron chi connectivity index (χ3n) is 9.84. The highest BCUT2D eigenvalue weighted by atomic mass is 35.5. The molecule has 3 aromatic carbocycles. The van der Waals surface area contributed by atoms with Crippen LogP contribution in [0.5, 0.6) is 5.75 Å². The number of rotatable bonds is 6. The molecule has 0 spiro atoms. The van der Waals surface area contributed by atoms with Crippen LogP contribution in [-0.4, -0.2) is 50.7 Å². The number of ether oxygens (including phenoxy) is 1. The van der Waals surface area contributed by atoms with E-state index in [9.17, 15) is 9.18 Å². The maximum absolute atomic E-state index is 13.9. The van der Waals surface area contributed by atoms with Crippen LogP contribution >= 0.6 is 11.6 Å². The molecule has 3 fully saturated rings. The minimum Gasteiger partial charge on any atom is -0.494 e. The second kappa shape index (κ2) is 9.82. The summed E-state index contributed by atoms with van der Waals surface area (Å²) < 4.78 is 24.1. The molecule has 2 saturated carbocycles. The Bertz CT molecular complexity index is 1940. The van der Waals surface area contributed by atoms with Crippen LogP contribution in [0.3, 0.4) is 0 Å². The van der Waals surface area contributed by atoms with Crippen molar-refractivity contribution in [1.82, 2.24) is 19.0 Å². The van der Waals surface area contributed by atoms with Crippen molar-refractivity contribution in [3.8, 4) is 28.4 Å². The number of carbonyl (C=O) groups is 1. The van der Waals surface area contributed by atoms with Crippen LogP contribution in [0.25, 0.3) is 44.6 Å². The molecule has 1 amide bonds. The predicted molar refractivity (Wildman–Crippen MR) is 167 cm³/mol. The molecule has 2 N–H and O–H groups in total. The molecule has 0 unspecified atom stereocenters. The number of hydrogen-bond donors (Lipinski definition) is 1. The number of piperidine rings is 1. The lowest BCUT2D eigenvalue weighted by Gasteiger charge is -2.27. The molecule has 3 heterocycles. The first-order valence-electron chi connectivity index (χ1n) is 15.0. The molecule has 7 nitrogen and oxygen atoms in total. The number of likely N-dealkylation sites (tertiary alicyclic amines) is 1. The van der Waals surface area contributed by atoms with Gasteiger partial charge in [-0.3, -0.25) is 4.79 Å². The minimum absolute atomic E-state index is 0.00803. The summed E-state index contributed by atoms with van der Waals surface area (Å²) in [6.07, 6.45) is 4.47. The number of nitrogens with two attached hydrogens (primary N) is 1. The Morgan fingerprint density at radius 1 is 1.07 bits per heavy atom. The van der Waals surface area contributed by atoms with E-state index in [0.717, 1.165) is 64.0 Å². The third kappa shape index (κ3) is 4.25. The normalized spacial score (nSPS) is 21.4. The van der Waals surface area contributed by atoms with Crippen LogP contribution < -0.4 is 10.5 Å². The average molecular weight is 598 g/mol. The summed E-state index contributed by atoms with van der Waals surface area (Å²) in [7, 11) is 3.63. The van der Waals surface area contributed by atoms with Gasteiger partial charge in [-0.25, -0.2) is 9.37 Å². The first-order chi connectivity index (χ1) is 20.8. The van der Waals surface area contributed by atoms with Crippen molar-refractivity contribution in [2.75, 3.05) is 13.7 Å². The van der Waals surface area contributed by atoms with Gasteiger partial charge in [-0.05, 0) is 85.0 Å². The molecule has 2 aromatic heterocycles. The van der Waals surface area contributed by atoms with Gasteiger partial charge in [0.25, 0.3) is 5.91 Å². The molecule has 3 atom stereocenters. The molecule has 2 aliphatic carbocycles. The molecule has 3 aliphatic rings. The smallest absolute Gasteiger partial charge is 0.254 e. The Morgan fingerprint density at radius 3 is 2.56 bits per heavy atom. The number of fused-ring (bicyclic) bond motifs is 4. The van der Waals surface area contributed by atoms with Crippen LogP contribution in [0.4, 0.5) is 4.39 Å². The van der Waals surface area contributed by atoms with Crippen LogP contribution in [0.2, 0.25) is 5.02 Å². The van der Waals surface area contributed by atoms with Gasteiger partial charge in [0.1, 0.15) is 17.1 Å². The number of halogens is 2. The second-order valence-corrected chi connectivity index (χ2v) is 12.9. The molecule has 1 saturated heterocycles. The average Bonchev–Trinajstić information content (AvgIpc) is 3.42. The number of hydrogen-bond acceptors (Lipinski definition) is 4. The topological polar surface area (TPSA) is 78.3 Å². The molecular weight excluding hydrogens is 565 g/mol. The summed E-state index contributed by atoms with van der Waals surface area (Å²) in [5.41, 5.74) is 12.5. The lowest BCUT2D eigenvalue weighted by molar-refractivity contribution is 0.0700. The Morgan fingerprint density at radius 2 is 1.86 bits per heavy atom. The van der Waals surface area contributed by atoms with E-state index in [4.69, 9.17) is 27.1 Å². The van der Waals surface area contributed by atoms with Crippen LogP contribution in [0.1, 0.15) is 36.0 Å². The Balaban J connectivity index is 1.24. The van der Waals surface area contributed by atoms with Crippen molar-refractivity contribution < 1.29 is 13.9 Å². The van der Waals surface area contributed by atoms with Gasteiger partial charge >= 0.3 is 0 Å². The van der Waals surface area contributed by atoms with Gasteiger partial charge in [0.15, 0.2) is 5.82 Å². The van der Waals surface area contributed by atoms with E-state index >= 15 is 0 Å². The zero-order valence-electron chi connectivity index (χ0n) is 24.2. The summed E-state index contributed by atoms with van der Waals surface area (Å²) in [6.45, 7) is 1.60. The number of nitrogens with zero attached hydrogens (tertiary/aromatic N) is 4. The van der Waals surface area contributed by atoms with Crippen molar-refractivity contribution in [3.05, 3.63) is 71.0 Å². The Kier molecular flexibility index (Phi) is 6.11. The summed E-state index contributed by atoms with van der Waals surface area (Å²) in [5, 5.41) is 1.21. The number of aromatic nitrogens is 3. The van der Waals surface area contributed by atoms with E-state index in [1.54, 1.807) is 19.2 Å². The van der Waals surface area contributed by atoms with Crippen LogP contribution in [-0.2, 0) is 13.6 Å². The summed E-state index contributed by atoms with van der Waals surface area (Å²) >= 11 is 6.11. The number of benzene rings is 3. The lowest BCUT2D eigenvalue weighted by atomic mass is 10.0. The third-order valence-corrected chi connectivity index (χ3v) is 10.1. The first-order valence-corrected chi connectivity index (χ1v) is 15.4. The number of aryl methyl sites for hydroxylation is 1.